The van der Waals surface area contributed by atoms with Gasteiger partial charge in [0.2, 0.25) is 0 Å². The van der Waals surface area contributed by atoms with Gasteiger partial charge in [-0.25, -0.2) is 0 Å². The highest BCUT2D eigenvalue weighted by molar-refractivity contribution is 6.61. The van der Waals surface area contributed by atoms with Crippen molar-refractivity contribution in [2.75, 3.05) is 19.8 Å². The Kier molecular flexibility index (Phi) is 16.2. The molecule has 0 aliphatic rings. The van der Waals surface area contributed by atoms with Crippen LogP contribution < -0.4 is 0 Å². The molecule has 0 radical (unpaired) electrons. The summed E-state index contributed by atoms with van der Waals surface area (Å²) >= 11 is 0. The van der Waals surface area contributed by atoms with Crippen molar-refractivity contribution in [1.29, 1.82) is 0 Å². The molecule has 398 valence electrons. The van der Waals surface area contributed by atoms with E-state index in [4.69, 9.17) is 0 Å². The van der Waals surface area contributed by atoms with Gasteiger partial charge in [-0.2, -0.15) is 162 Å². The quantitative estimate of drug-likeness (QED) is 0.0712. The molecule has 41 heteroatoms. The van der Waals surface area contributed by atoms with Crippen molar-refractivity contribution in [3.63, 3.8) is 0 Å². The number of halogens is 37. The third-order valence-electron chi connectivity index (χ3n) is 8.26. The Hall–Kier alpha value is -2.49. The van der Waals surface area contributed by atoms with Crippen LogP contribution in [0.3, 0.4) is 0 Å². The molecule has 0 atom stereocenters. The highest BCUT2D eigenvalue weighted by Gasteiger charge is 3.02. The zero-order valence-corrected chi connectivity index (χ0v) is 31.5. The maximum Gasteiger partial charge on any atom is 0.507 e. The summed E-state index contributed by atoms with van der Waals surface area (Å²) in [5.41, 5.74) is 0. The van der Waals surface area contributed by atoms with Crippen LogP contribution in [-0.4, -0.2) is 135 Å². The van der Waals surface area contributed by atoms with Crippen LogP contribution in [0.15, 0.2) is 0 Å². The minimum atomic E-state index is -10.4. The molecule has 0 bridgehead atoms. The smallest absolute Gasteiger partial charge is 0.374 e. The van der Waals surface area contributed by atoms with E-state index in [1.807, 2.05) is 0 Å². The van der Waals surface area contributed by atoms with E-state index in [0.29, 0.717) is 20.8 Å². The van der Waals surface area contributed by atoms with Crippen LogP contribution in [0.25, 0.3) is 0 Å². The average molecular weight is 1100 g/mol. The first-order chi connectivity index (χ1) is 28.1. The zero-order valence-electron chi connectivity index (χ0n) is 30.5. The number of hydrogen-bond acceptors (Lipinski definition) is 3. The van der Waals surface area contributed by atoms with Crippen molar-refractivity contribution in [3.8, 4) is 0 Å². The lowest BCUT2D eigenvalue weighted by atomic mass is 9.82. The first-order valence-electron chi connectivity index (χ1n) is 15.5. The maximum atomic E-state index is 14.6. The zero-order chi connectivity index (χ0) is 54.4. The lowest BCUT2D eigenvalue weighted by Gasteiger charge is -2.47. The summed E-state index contributed by atoms with van der Waals surface area (Å²) < 4.78 is 527. The van der Waals surface area contributed by atoms with Crippen LogP contribution in [0.2, 0.25) is 6.04 Å². The largest absolute Gasteiger partial charge is 0.507 e. The van der Waals surface area contributed by atoms with Crippen molar-refractivity contribution in [2.45, 2.75) is 134 Å². The van der Waals surface area contributed by atoms with Gasteiger partial charge in [0.25, 0.3) is 0 Å². The van der Waals surface area contributed by atoms with Gasteiger partial charge in [0, 0.05) is 19.8 Å². The Morgan fingerprint density at radius 2 is 0.364 bits per heavy atom. The Morgan fingerprint density at radius 1 is 0.227 bits per heavy atom. The van der Waals surface area contributed by atoms with E-state index in [1.165, 1.54) is 0 Å². The molecule has 0 unspecified atom stereocenters. The van der Waals surface area contributed by atoms with Gasteiger partial charge in [-0.3, -0.25) is 0 Å². The Morgan fingerprint density at radius 3 is 0.500 bits per heavy atom. The highest BCUT2D eigenvalue weighted by Crippen LogP contribution is 2.71. The minimum absolute atomic E-state index is 0.709. The number of hydrogen-bond donors (Lipinski definition) is 0. The van der Waals surface area contributed by atoms with Crippen molar-refractivity contribution >= 4 is 8.80 Å². The van der Waals surface area contributed by atoms with Crippen molar-refractivity contribution in [1.82, 2.24) is 0 Å². The molecule has 0 rings (SSSR count). The van der Waals surface area contributed by atoms with Gasteiger partial charge in [-0.05, 0) is 20.8 Å². The normalized spacial score (nSPS) is 16.9. The molecule has 0 spiro atoms. The molecule has 66 heavy (non-hydrogen) atoms. The Labute approximate surface area is 339 Å². The van der Waals surface area contributed by atoms with Crippen LogP contribution in [-0.2, 0) is 13.3 Å². The molecule has 0 N–H and O–H groups in total. The molecule has 0 aromatic heterocycles. The van der Waals surface area contributed by atoms with Gasteiger partial charge in [0.1, 0.15) is 0 Å². The third-order valence-corrected chi connectivity index (χ3v) is 11.3. The van der Waals surface area contributed by atoms with Crippen molar-refractivity contribution in [2.24, 2.45) is 0 Å². The van der Waals surface area contributed by atoms with E-state index >= 15 is 0 Å². The fourth-order valence-corrected chi connectivity index (χ4v) is 7.13. The minimum Gasteiger partial charge on any atom is -0.374 e. The first kappa shape index (κ1) is 63.5. The monoisotopic (exact) mass is 1100 g/mol. The topological polar surface area (TPSA) is 27.7 Å². The molecule has 3 nitrogen and oxygen atoms in total. The molecule has 0 amide bonds. The fraction of sp³-hybridized carbons (Fsp3) is 1.00. The van der Waals surface area contributed by atoms with Crippen molar-refractivity contribution in [3.05, 3.63) is 0 Å². The molecular formula is C25H17F37O3Si. The molecule has 0 aromatic rings. The fourth-order valence-electron chi connectivity index (χ4n) is 4.49. The SMILES string of the molecule is CCO[Si](CC(F)(F)C(F)(F)C(F)(F)C(F)(F)C(F)(F)C(F)(F)C(F)(F)C(F)(F)C(F)(F)C(F)(F)C(F)(F)C(F)(F)C(F)(F)C(F)(F)C(F)(F)C(F)(F)C(F)(F)C(F)(F)F)(OCC)OCC. The molecular weight excluding hydrogens is 1080 g/mol. The van der Waals surface area contributed by atoms with E-state index in [9.17, 15) is 162 Å². The second kappa shape index (κ2) is 16.8. The van der Waals surface area contributed by atoms with Gasteiger partial charge < -0.3 is 13.3 Å². The summed E-state index contributed by atoms with van der Waals surface area (Å²) in [6.07, 6.45) is -8.47. The van der Waals surface area contributed by atoms with Gasteiger partial charge >= 0.3 is 116 Å². The van der Waals surface area contributed by atoms with Gasteiger partial charge in [0.15, 0.2) is 0 Å². The van der Waals surface area contributed by atoms with Gasteiger partial charge in [-0.15, -0.1) is 0 Å². The molecule has 0 aliphatic heterocycles. The second-order valence-electron chi connectivity index (χ2n) is 12.6. The van der Waals surface area contributed by atoms with Crippen LogP contribution in [0.5, 0.6) is 0 Å². The third kappa shape index (κ3) is 7.93. The number of alkyl halides is 37. The standard InChI is InChI=1S/C25H17F37O3Si/c1-4-63-66(64-5-2,65-6-3)7-8(26,27)9(28,29)10(30,31)11(32,33)12(34,35)13(36,37)14(38,39)15(40,41)16(42,43)17(44,45)18(46,47)19(48,49)20(50,51)21(52,53)22(54,55)23(56,57)24(58,59)25(60,61)62/h4-7H2,1-3H3. The van der Waals surface area contributed by atoms with Crippen LogP contribution >= 0.6 is 0 Å². The summed E-state index contributed by atoms with van der Waals surface area (Å²) in [6, 6.07) is -3.39. The predicted octanol–water partition coefficient (Wildman–Crippen LogP) is 13.4. The molecule has 0 fully saturated rings. The maximum absolute atomic E-state index is 14.6. The van der Waals surface area contributed by atoms with Crippen LogP contribution in [0.4, 0.5) is 162 Å². The lowest BCUT2D eigenvalue weighted by molar-refractivity contribution is -0.493. The molecule has 0 aliphatic carbocycles. The molecule has 0 saturated heterocycles. The number of rotatable bonds is 24. The summed E-state index contributed by atoms with van der Waals surface area (Å²) in [7, 11) is -5.80. The Balaban J connectivity index is 7.91. The van der Waals surface area contributed by atoms with E-state index in [-0.39, 0.29) is 0 Å². The van der Waals surface area contributed by atoms with E-state index in [1.54, 1.807) is 0 Å². The van der Waals surface area contributed by atoms with Gasteiger partial charge in [-0.1, -0.05) is 0 Å². The lowest BCUT2D eigenvalue weighted by Crippen LogP contribution is -2.80. The molecule has 0 aromatic carbocycles. The van der Waals surface area contributed by atoms with Gasteiger partial charge in [0.05, 0.1) is 6.04 Å². The molecule has 0 heterocycles. The first-order valence-corrected chi connectivity index (χ1v) is 17.5. The summed E-state index contributed by atoms with van der Waals surface area (Å²) in [5.74, 6) is -166. The van der Waals surface area contributed by atoms with E-state index in [0.717, 1.165) is 0 Å². The molecule has 0 saturated carbocycles. The average Bonchev–Trinajstić information content (AvgIpc) is 3.09. The predicted molar refractivity (Wildman–Crippen MR) is 136 cm³/mol. The summed E-state index contributed by atoms with van der Waals surface area (Å²) in [6.45, 7) is -1.13. The highest BCUT2D eigenvalue weighted by atomic mass is 28.4. The van der Waals surface area contributed by atoms with Crippen LogP contribution in [0.1, 0.15) is 20.8 Å². The van der Waals surface area contributed by atoms with Crippen molar-refractivity contribution < 1.29 is 176 Å². The summed E-state index contributed by atoms with van der Waals surface area (Å²) in [4.78, 5) is 0. The second-order valence-corrected chi connectivity index (χ2v) is 15.1. The van der Waals surface area contributed by atoms with E-state index < -0.39 is 142 Å². The van der Waals surface area contributed by atoms with E-state index in [2.05, 4.69) is 13.3 Å². The summed E-state index contributed by atoms with van der Waals surface area (Å²) in [5, 5.41) is 0. The Bertz CT molecular complexity index is 1660. The van der Waals surface area contributed by atoms with Crippen LogP contribution in [0, 0.1) is 0 Å².